The Morgan fingerprint density at radius 1 is 1.06 bits per heavy atom. The van der Waals surface area contributed by atoms with E-state index in [-0.39, 0.29) is 30.8 Å². The van der Waals surface area contributed by atoms with Gasteiger partial charge in [-0.1, -0.05) is 20.8 Å². The molecule has 16 atom stereocenters. The van der Waals surface area contributed by atoms with Crippen LogP contribution < -0.4 is 0 Å². The van der Waals surface area contributed by atoms with E-state index in [1.165, 1.54) is 19.9 Å². The highest BCUT2D eigenvalue weighted by Gasteiger charge is 2.85. The highest BCUT2D eigenvalue weighted by atomic mass is 16.7. The number of ketones is 1. The molecule has 0 aromatic heterocycles. The molecule has 5 fully saturated rings. The van der Waals surface area contributed by atoms with Gasteiger partial charge in [0.1, 0.15) is 36.6 Å². The Morgan fingerprint density at radius 2 is 1.73 bits per heavy atom. The lowest BCUT2D eigenvalue weighted by Crippen LogP contribution is -2.79. The Balaban J connectivity index is 1.47. The molecule has 52 heavy (non-hydrogen) atoms. The minimum atomic E-state index is -2.40. The highest BCUT2D eigenvalue weighted by Crippen LogP contribution is 2.72. The molecule has 3 heterocycles. The van der Waals surface area contributed by atoms with Gasteiger partial charge in [0.05, 0.1) is 37.9 Å². The standard InChI is InChI=1S/C35H48O17/c1-7-14(32(3,4)46)8-19(37)52-25-27-34-12-48-35(27,31(45)47-6)28(43)24(42)26(34)33(5)10-16(20(38)13(2)15(33)9-18(34)51-29(25)44)49-30-23(41)22(40)21(39)17(11-36)50-30/h8,10,13,15,17-18,21-28,30,36,39-43,46H,7,9,11-12H2,1-6H3/b14-8+/t13-,15-,17+,18+,21+,22-,23+,24+,25+,26+,27+,28+,30+,33-,34+,35-/m0/s1. The maximum absolute atomic E-state index is 13.9. The van der Waals surface area contributed by atoms with E-state index in [4.69, 9.17) is 28.4 Å². The molecule has 0 amide bonds. The third-order valence-corrected chi connectivity index (χ3v) is 12.6. The first-order valence-corrected chi connectivity index (χ1v) is 17.4. The minimum Gasteiger partial charge on any atom is -0.467 e. The van der Waals surface area contributed by atoms with Crippen LogP contribution in [-0.2, 0) is 47.6 Å². The lowest BCUT2D eigenvalue weighted by Gasteiger charge is -2.67. The predicted octanol–water partition coefficient (Wildman–Crippen LogP) is -2.23. The van der Waals surface area contributed by atoms with Gasteiger partial charge in [0.2, 0.25) is 18.0 Å². The fourth-order valence-corrected chi connectivity index (χ4v) is 10.2. The zero-order chi connectivity index (χ0) is 38.5. The Hall–Kier alpha value is -3.00. The average Bonchev–Trinajstić information content (AvgIpc) is 3.39. The van der Waals surface area contributed by atoms with Gasteiger partial charge in [-0.15, -0.1) is 0 Å². The molecule has 7 N–H and O–H groups in total. The minimum absolute atomic E-state index is 0.00859. The van der Waals surface area contributed by atoms with Crippen LogP contribution in [-0.4, -0.2) is 146 Å². The number of aliphatic hydroxyl groups is 7. The zero-order valence-corrected chi connectivity index (χ0v) is 29.7. The first-order chi connectivity index (χ1) is 24.3. The number of methoxy groups -OCH3 is 1. The van der Waals surface area contributed by atoms with Gasteiger partial charge in [0.15, 0.2) is 11.5 Å². The normalized spacial score (nSPS) is 47.1. The highest BCUT2D eigenvalue weighted by molar-refractivity contribution is 5.97. The van der Waals surface area contributed by atoms with Crippen LogP contribution >= 0.6 is 0 Å². The van der Waals surface area contributed by atoms with E-state index in [1.807, 2.05) is 0 Å². The van der Waals surface area contributed by atoms with Gasteiger partial charge in [0, 0.05) is 23.3 Å². The third kappa shape index (κ3) is 5.30. The number of hydrogen-bond acceptors (Lipinski definition) is 17. The summed E-state index contributed by atoms with van der Waals surface area (Å²) in [5.74, 6) is -8.33. The van der Waals surface area contributed by atoms with Gasteiger partial charge in [-0.05, 0) is 49.7 Å². The van der Waals surface area contributed by atoms with Crippen molar-refractivity contribution in [3.63, 3.8) is 0 Å². The SMILES string of the molecule is CC/C(=C\C(=O)O[C@H]1C(=O)O[C@@H]2C[C@H]3[C@H](C)C(=O)C(O[C@@H]4O[C@H](CO)[C@@H](O)[C@H](O)[C@H]4O)=C[C@]3(C)[C@H]3[C@@H](O)[C@@H](O)[C@@]4(C(=O)OC)OC[C@]32[C@@H]14)C(C)(C)O. The van der Waals surface area contributed by atoms with E-state index in [9.17, 15) is 54.9 Å². The number of aliphatic hydroxyl groups excluding tert-OH is 6. The Kier molecular flexibility index (Phi) is 9.75. The van der Waals surface area contributed by atoms with Crippen LogP contribution in [0.5, 0.6) is 0 Å². The summed E-state index contributed by atoms with van der Waals surface area (Å²) in [5, 5.41) is 75.5. The van der Waals surface area contributed by atoms with E-state index in [2.05, 4.69) is 0 Å². The topological polar surface area (TPSA) is 265 Å². The summed E-state index contributed by atoms with van der Waals surface area (Å²) < 4.78 is 34.3. The number of esters is 3. The second kappa shape index (κ2) is 13.1. The van der Waals surface area contributed by atoms with Crippen molar-refractivity contribution in [1.29, 1.82) is 0 Å². The molecule has 0 aromatic carbocycles. The van der Waals surface area contributed by atoms with Crippen LogP contribution in [0, 0.1) is 34.5 Å². The zero-order valence-electron chi connectivity index (χ0n) is 29.7. The van der Waals surface area contributed by atoms with E-state index in [1.54, 1.807) is 20.8 Å². The molecule has 6 rings (SSSR count). The molecule has 2 bridgehead atoms. The summed E-state index contributed by atoms with van der Waals surface area (Å²) in [7, 11) is 1.04. The van der Waals surface area contributed by atoms with Crippen LogP contribution in [0.2, 0.25) is 0 Å². The van der Waals surface area contributed by atoms with Crippen LogP contribution in [0.15, 0.2) is 23.5 Å². The number of carbonyl (C=O) groups excluding carboxylic acids is 4. The molecular weight excluding hydrogens is 692 g/mol. The van der Waals surface area contributed by atoms with Gasteiger partial charge in [-0.3, -0.25) is 4.79 Å². The van der Waals surface area contributed by atoms with Crippen molar-refractivity contribution in [3.8, 4) is 0 Å². The maximum atomic E-state index is 13.9. The van der Waals surface area contributed by atoms with Crippen LogP contribution in [0.3, 0.4) is 0 Å². The monoisotopic (exact) mass is 740 g/mol. The summed E-state index contributed by atoms with van der Waals surface area (Å²) in [6.07, 6.45) is -12.5. The fraction of sp³-hybridized carbons (Fsp3) is 0.771. The second-order valence-electron chi connectivity index (χ2n) is 15.6. The molecule has 17 heteroatoms. The molecule has 3 aliphatic heterocycles. The second-order valence-corrected chi connectivity index (χ2v) is 15.6. The van der Waals surface area contributed by atoms with E-state index < -0.39 is 131 Å². The Morgan fingerprint density at radius 3 is 2.33 bits per heavy atom. The summed E-state index contributed by atoms with van der Waals surface area (Å²) >= 11 is 0. The van der Waals surface area contributed by atoms with E-state index in [0.717, 1.165) is 13.2 Å². The van der Waals surface area contributed by atoms with Crippen molar-refractivity contribution >= 4 is 23.7 Å². The fourth-order valence-electron chi connectivity index (χ4n) is 10.2. The van der Waals surface area contributed by atoms with Crippen LogP contribution in [0.25, 0.3) is 0 Å². The Labute approximate surface area is 299 Å². The summed E-state index contributed by atoms with van der Waals surface area (Å²) in [4.78, 5) is 54.8. The average molecular weight is 741 g/mol. The number of fused-ring (bicyclic) bond motifs is 2. The Bertz CT molecular complexity index is 1550. The third-order valence-electron chi connectivity index (χ3n) is 12.6. The lowest BCUT2D eigenvalue weighted by atomic mass is 9.38. The van der Waals surface area contributed by atoms with E-state index >= 15 is 0 Å². The molecule has 3 aliphatic carbocycles. The van der Waals surface area contributed by atoms with Crippen molar-refractivity contribution in [2.24, 2.45) is 34.5 Å². The van der Waals surface area contributed by atoms with Crippen molar-refractivity contribution in [2.45, 2.75) is 114 Å². The quantitative estimate of drug-likeness (QED) is 0.0789. The first kappa shape index (κ1) is 38.7. The molecule has 0 unspecified atom stereocenters. The number of Topliss-reactive ketones (excluding diaryl/α,β-unsaturated/α-hetero) is 1. The molecular formula is C35H48O17. The smallest absolute Gasteiger partial charge is 0.348 e. The summed E-state index contributed by atoms with van der Waals surface area (Å²) in [5.41, 5.74) is -6.40. The first-order valence-electron chi connectivity index (χ1n) is 17.4. The van der Waals surface area contributed by atoms with Gasteiger partial charge < -0.3 is 64.2 Å². The number of hydrogen-bond donors (Lipinski definition) is 7. The molecule has 0 aromatic rings. The number of carbonyl (C=O) groups is 4. The molecule has 6 aliphatic rings. The van der Waals surface area contributed by atoms with Gasteiger partial charge in [-0.25, -0.2) is 14.4 Å². The van der Waals surface area contributed by atoms with Crippen LogP contribution in [0.1, 0.15) is 47.5 Å². The molecule has 17 nitrogen and oxygen atoms in total. The molecule has 0 radical (unpaired) electrons. The van der Waals surface area contributed by atoms with Crippen molar-refractivity contribution in [3.05, 3.63) is 23.5 Å². The molecule has 1 spiro atoms. The van der Waals surface area contributed by atoms with Crippen molar-refractivity contribution < 1.29 is 83.3 Å². The molecule has 2 saturated carbocycles. The predicted molar refractivity (Wildman–Crippen MR) is 170 cm³/mol. The number of ether oxygens (including phenoxy) is 6. The van der Waals surface area contributed by atoms with Gasteiger partial charge >= 0.3 is 17.9 Å². The van der Waals surface area contributed by atoms with Crippen molar-refractivity contribution in [1.82, 2.24) is 0 Å². The summed E-state index contributed by atoms with van der Waals surface area (Å²) in [6.45, 7) is 6.81. The maximum Gasteiger partial charge on any atom is 0.348 e. The van der Waals surface area contributed by atoms with E-state index in [0.29, 0.717) is 0 Å². The summed E-state index contributed by atoms with van der Waals surface area (Å²) in [6, 6.07) is 0. The lowest BCUT2D eigenvalue weighted by molar-refractivity contribution is -0.296. The molecule has 3 saturated heterocycles. The van der Waals surface area contributed by atoms with Gasteiger partial charge in [-0.2, -0.15) is 0 Å². The van der Waals surface area contributed by atoms with Gasteiger partial charge in [0.25, 0.3) is 0 Å². The largest absolute Gasteiger partial charge is 0.467 e. The number of allylic oxidation sites excluding steroid dienone is 2. The number of rotatable bonds is 8. The van der Waals surface area contributed by atoms with Crippen LogP contribution in [0.4, 0.5) is 0 Å². The van der Waals surface area contributed by atoms with Crippen molar-refractivity contribution in [2.75, 3.05) is 20.3 Å². The molecule has 290 valence electrons.